The summed E-state index contributed by atoms with van der Waals surface area (Å²) in [5, 5.41) is 3.07. The number of anilines is 1. The number of hydrogen-bond acceptors (Lipinski definition) is 4. The second-order valence-electron chi connectivity index (χ2n) is 4.24. The maximum absolute atomic E-state index is 12.0. The first-order valence-corrected chi connectivity index (χ1v) is 6.31. The molecule has 2 rings (SSSR count). The molecule has 0 saturated carbocycles. The number of nitrogens with one attached hydrogen (secondary N) is 1. The van der Waals surface area contributed by atoms with Gasteiger partial charge < -0.3 is 15.6 Å². The second kappa shape index (κ2) is 6.15. The van der Waals surface area contributed by atoms with Crippen molar-refractivity contribution in [1.82, 2.24) is 9.55 Å². The Labute approximate surface area is 112 Å². The van der Waals surface area contributed by atoms with E-state index in [9.17, 15) is 4.79 Å². The lowest BCUT2D eigenvalue weighted by molar-refractivity contribution is 0.718. The smallest absolute Gasteiger partial charge is 0.293 e. The summed E-state index contributed by atoms with van der Waals surface area (Å²) in [5.74, 6) is 0.377. The average molecular weight is 258 g/mol. The highest BCUT2D eigenvalue weighted by atomic mass is 16.1. The standard InChI is InChI=1S/C14H18N4O/c1-2-18-7-6-16-13(14(18)19)17-10-12-5-3-4-11(8-12)9-15/h3-8H,2,9-10,15H2,1H3,(H,16,17). The van der Waals surface area contributed by atoms with Gasteiger partial charge in [0.25, 0.3) is 5.56 Å². The van der Waals surface area contributed by atoms with Gasteiger partial charge in [0.2, 0.25) is 0 Å². The number of benzene rings is 1. The van der Waals surface area contributed by atoms with E-state index in [0.717, 1.165) is 11.1 Å². The Morgan fingerprint density at radius 1 is 1.37 bits per heavy atom. The van der Waals surface area contributed by atoms with Crippen molar-refractivity contribution in [3.8, 4) is 0 Å². The van der Waals surface area contributed by atoms with Crippen molar-refractivity contribution in [3.63, 3.8) is 0 Å². The predicted octanol–water partition coefficient (Wildman–Crippen LogP) is 1.33. The van der Waals surface area contributed by atoms with Gasteiger partial charge in [0.1, 0.15) is 0 Å². The van der Waals surface area contributed by atoms with Crippen molar-refractivity contribution in [2.75, 3.05) is 5.32 Å². The van der Waals surface area contributed by atoms with E-state index < -0.39 is 0 Å². The minimum atomic E-state index is -0.0972. The SMILES string of the molecule is CCn1ccnc(NCc2cccc(CN)c2)c1=O. The minimum Gasteiger partial charge on any atom is -0.361 e. The summed E-state index contributed by atoms with van der Waals surface area (Å²) in [5.41, 5.74) is 7.66. The van der Waals surface area contributed by atoms with Gasteiger partial charge in [-0.05, 0) is 18.1 Å². The summed E-state index contributed by atoms with van der Waals surface area (Å²) in [6.07, 6.45) is 3.31. The van der Waals surface area contributed by atoms with Crippen molar-refractivity contribution >= 4 is 5.82 Å². The molecule has 1 aromatic heterocycles. The first kappa shape index (κ1) is 13.3. The first-order chi connectivity index (χ1) is 9.24. The third-order valence-corrected chi connectivity index (χ3v) is 2.94. The molecule has 100 valence electrons. The van der Waals surface area contributed by atoms with E-state index in [2.05, 4.69) is 10.3 Å². The highest BCUT2D eigenvalue weighted by Crippen LogP contribution is 2.06. The molecule has 0 bridgehead atoms. The Kier molecular flexibility index (Phi) is 4.30. The molecule has 0 amide bonds. The molecule has 2 aromatic rings. The van der Waals surface area contributed by atoms with Crippen LogP contribution in [0.25, 0.3) is 0 Å². The molecule has 0 saturated heterocycles. The van der Waals surface area contributed by atoms with Crippen LogP contribution in [0.5, 0.6) is 0 Å². The monoisotopic (exact) mass is 258 g/mol. The quantitative estimate of drug-likeness (QED) is 0.848. The first-order valence-electron chi connectivity index (χ1n) is 6.31. The van der Waals surface area contributed by atoms with Gasteiger partial charge in [0.15, 0.2) is 5.82 Å². The molecular weight excluding hydrogens is 240 g/mol. The summed E-state index contributed by atoms with van der Waals surface area (Å²) in [6.45, 7) is 3.64. The molecule has 3 N–H and O–H groups in total. The Balaban J connectivity index is 2.12. The topological polar surface area (TPSA) is 72.9 Å². The molecule has 0 spiro atoms. The molecule has 0 atom stereocenters. The lowest BCUT2D eigenvalue weighted by Crippen LogP contribution is -2.23. The van der Waals surface area contributed by atoms with Crippen LogP contribution in [0.1, 0.15) is 18.1 Å². The van der Waals surface area contributed by atoms with E-state index in [0.29, 0.717) is 25.5 Å². The van der Waals surface area contributed by atoms with Gasteiger partial charge in [-0.15, -0.1) is 0 Å². The van der Waals surface area contributed by atoms with Crippen LogP contribution in [-0.4, -0.2) is 9.55 Å². The van der Waals surface area contributed by atoms with Crippen LogP contribution in [-0.2, 0) is 19.6 Å². The number of hydrogen-bond donors (Lipinski definition) is 2. The molecule has 1 aromatic carbocycles. The lowest BCUT2D eigenvalue weighted by Gasteiger charge is -2.08. The molecule has 0 aliphatic heterocycles. The number of rotatable bonds is 5. The summed E-state index contributed by atoms with van der Waals surface area (Å²) in [4.78, 5) is 16.0. The summed E-state index contributed by atoms with van der Waals surface area (Å²) in [7, 11) is 0. The van der Waals surface area contributed by atoms with Gasteiger partial charge in [-0.3, -0.25) is 4.79 Å². The predicted molar refractivity (Wildman–Crippen MR) is 75.8 cm³/mol. The van der Waals surface area contributed by atoms with Gasteiger partial charge in [0.05, 0.1) is 0 Å². The van der Waals surface area contributed by atoms with Gasteiger partial charge in [-0.1, -0.05) is 24.3 Å². The molecule has 1 heterocycles. The van der Waals surface area contributed by atoms with Gasteiger partial charge >= 0.3 is 0 Å². The van der Waals surface area contributed by atoms with Crippen LogP contribution < -0.4 is 16.6 Å². The van der Waals surface area contributed by atoms with E-state index in [1.807, 2.05) is 31.2 Å². The summed E-state index contributed by atoms with van der Waals surface area (Å²) in [6, 6.07) is 7.96. The zero-order valence-corrected chi connectivity index (χ0v) is 11.0. The van der Waals surface area contributed by atoms with E-state index in [-0.39, 0.29) is 5.56 Å². The van der Waals surface area contributed by atoms with E-state index in [4.69, 9.17) is 5.73 Å². The lowest BCUT2D eigenvalue weighted by atomic mass is 10.1. The number of nitrogens with zero attached hydrogens (tertiary/aromatic N) is 2. The van der Waals surface area contributed by atoms with Gasteiger partial charge in [-0.25, -0.2) is 4.98 Å². The van der Waals surface area contributed by atoms with Crippen molar-refractivity contribution in [2.45, 2.75) is 26.6 Å². The molecule has 0 aliphatic carbocycles. The second-order valence-corrected chi connectivity index (χ2v) is 4.24. The van der Waals surface area contributed by atoms with Crippen LogP contribution >= 0.6 is 0 Å². The highest BCUT2D eigenvalue weighted by Gasteiger charge is 2.03. The van der Waals surface area contributed by atoms with Crippen LogP contribution in [0.2, 0.25) is 0 Å². The maximum atomic E-state index is 12.0. The van der Waals surface area contributed by atoms with Crippen molar-refractivity contribution in [1.29, 1.82) is 0 Å². The summed E-state index contributed by atoms with van der Waals surface area (Å²) < 4.78 is 1.62. The molecule has 0 aliphatic rings. The van der Waals surface area contributed by atoms with Crippen LogP contribution in [0.4, 0.5) is 5.82 Å². The van der Waals surface area contributed by atoms with Crippen LogP contribution in [0.15, 0.2) is 41.5 Å². The molecule has 0 radical (unpaired) electrons. The van der Waals surface area contributed by atoms with Gasteiger partial charge in [-0.2, -0.15) is 0 Å². The average Bonchev–Trinajstić information content (AvgIpc) is 2.46. The fourth-order valence-corrected chi connectivity index (χ4v) is 1.87. The number of aromatic nitrogens is 2. The molecule has 5 nitrogen and oxygen atoms in total. The zero-order chi connectivity index (χ0) is 13.7. The fraction of sp³-hybridized carbons (Fsp3) is 0.286. The van der Waals surface area contributed by atoms with Crippen molar-refractivity contribution < 1.29 is 0 Å². The van der Waals surface area contributed by atoms with E-state index >= 15 is 0 Å². The number of aryl methyl sites for hydroxylation is 1. The zero-order valence-electron chi connectivity index (χ0n) is 11.0. The minimum absolute atomic E-state index is 0.0972. The Morgan fingerprint density at radius 3 is 2.89 bits per heavy atom. The molecule has 0 fully saturated rings. The Morgan fingerprint density at radius 2 is 2.16 bits per heavy atom. The maximum Gasteiger partial charge on any atom is 0.293 e. The van der Waals surface area contributed by atoms with Gasteiger partial charge in [0, 0.05) is 32.0 Å². The molecule has 19 heavy (non-hydrogen) atoms. The third-order valence-electron chi connectivity index (χ3n) is 2.94. The van der Waals surface area contributed by atoms with E-state index in [1.54, 1.807) is 17.0 Å². The normalized spacial score (nSPS) is 10.4. The van der Waals surface area contributed by atoms with Crippen molar-refractivity contribution in [2.24, 2.45) is 5.73 Å². The van der Waals surface area contributed by atoms with Crippen molar-refractivity contribution in [3.05, 3.63) is 58.1 Å². The molecule has 5 heteroatoms. The van der Waals surface area contributed by atoms with Crippen LogP contribution in [0, 0.1) is 0 Å². The molecular formula is C14H18N4O. The van der Waals surface area contributed by atoms with E-state index in [1.165, 1.54) is 0 Å². The fourth-order valence-electron chi connectivity index (χ4n) is 1.87. The Hall–Kier alpha value is -2.14. The largest absolute Gasteiger partial charge is 0.361 e. The third kappa shape index (κ3) is 3.20. The Bertz CT molecular complexity index is 606. The highest BCUT2D eigenvalue weighted by molar-refractivity contribution is 5.33. The van der Waals surface area contributed by atoms with Crippen LogP contribution in [0.3, 0.4) is 0 Å². The number of nitrogens with two attached hydrogens (primary N) is 1. The summed E-state index contributed by atoms with van der Waals surface area (Å²) >= 11 is 0. The molecule has 0 unspecified atom stereocenters.